The minimum Gasteiger partial charge on any atom is -0.495 e. The van der Waals surface area contributed by atoms with Crippen molar-refractivity contribution in [3.8, 4) is 28.6 Å². The summed E-state index contributed by atoms with van der Waals surface area (Å²) in [7, 11) is 4.33. The summed E-state index contributed by atoms with van der Waals surface area (Å²) >= 11 is 0. The Morgan fingerprint density at radius 2 is 1.76 bits per heavy atom. The molecule has 0 atom stereocenters. The summed E-state index contributed by atoms with van der Waals surface area (Å²) in [5.74, 6) is -0.576. The summed E-state index contributed by atoms with van der Waals surface area (Å²) in [6.45, 7) is 1.87. The molecule has 0 fully saturated rings. The molecule has 1 N–H and O–H groups in total. The van der Waals surface area contributed by atoms with Gasteiger partial charge >= 0.3 is 6.18 Å². The molecular weight excluding hydrogens is 456 g/mol. The van der Waals surface area contributed by atoms with Crippen LogP contribution in [0.15, 0.2) is 42.9 Å². The minimum absolute atomic E-state index is 0.110. The number of aromatic nitrogens is 5. The van der Waals surface area contributed by atoms with Gasteiger partial charge in [0.2, 0.25) is 5.95 Å². The Morgan fingerprint density at radius 3 is 2.38 bits per heavy atom. The number of anilines is 2. The van der Waals surface area contributed by atoms with Gasteiger partial charge in [-0.2, -0.15) is 18.2 Å². The molecule has 2 heterocycles. The van der Waals surface area contributed by atoms with Crippen LogP contribution in [0.3, 0.4) is 0 Å². The lowest BCUT2D eigenvalue weighted by atomic mass is 10.1. The fraction of sp³-hybridized carbons (Fsp3) is 0.227. The first-order chi connectivity index (χ1) is 16.1. The highest BCUT2D eigenvalue weighted by molar-refractivity contribution is 5.67. The smallest absolute Gasteiger partial charge is 0.419 e. The van der Waals surface area contributed by atoms with E-state index in [9.17, 15) is 17.6 Å². The van der Waals surface area contributed by atoms with E-state index in [1.54, 1.807) is 25.5 Å². The van der Waals surface area contributed by atoms with Gasteiger partial charge in [-0.25, -0.2) is 14.1 Å². The van der Waals surface area contributed by atoms with Gasteiger partial charge in [-0.3, -0.25) is 0 Å². The Bertz CT molecular complexity index is 1350. The van der Waals surface area contributed by atoms with Crippen molar-refractivity contribution in [2.75, 3.05) is 19.5 Å². The second-order valence-electron chi connectivity index (χ2n) is 7.35. The topological polar surface area (TPSA) is 79.0 Å². The molecule has 0 aliphatic carbocycles. The average Bonchev–Trinajstić information content (AvgIpc) is 3.38. The van der Waals surface area contributed by atoms with Crippen LogP contribution in [0.4, 0.5) is 29.2 Å². The number of methoxy groups -OCH3 is 2. The zero-order chi connectivity index (χ0) is 24.6. The Kier molecular flexibility index (Phi) is 5.90. The predicted molar refractivity (Wildman–Crippen MR) is 116 cm³/mol. The van der Waals surface area contributed by atoms with Crippen LogP contribution >= 0.6 is 0 Å². The van der Waals surface area contributed by atoms with Crippen LogP contribution in [0.5, 0.6) is 11.5 Å². The molecule has 0 saturated heterocycles. The lowest BCUT2D eigenvalue weighted by Gasteiger charge is -2.14. The molecule has 0 radical (unpaired) electrons. The molecule has 0 spiro atoms. The summed E-state index contributed by atoms with van der Waals surface area (Å²) in [5, 5.41) is 7.08. The predicted octanol–water partition coefficient (Wildman–Crippen LogP) is 4.89. The van der Waals surface area contributed by atoms with Crippen LogP contribution in [0.2, 0.25) is 0 Å². The fourth-order valence-corrected chi connectivity index (χ4v) is 3.36. The zero-order valence-corrected chi connectivity index (χ0v) is 18.6. The van der Waals surface area contributed by atoms with Gasteiger partial charge in [0.25, 0.3) is 0 Å². The third kappa shape index (κ3) is 4.38. The van der Waals surface area contributed by atoms with Crippen molar-refractivity contribution in [1.29, 1.82) is 0 Å². The largest absolute Gasteiger partial charge is 0.495 e. The maximum atomic E-state index is 13.9. The molecule has 34 heavy (non-hydrogen) atoms. The van der Waals surface area contributed by atoms with Gasteiger partial charge in [-0.1, -0.05) is 0 Å². The highest BCUT2D eigenvalue weighted by Crippen LogP contribution is 2.38. The highest BCUT2D eigenvalue weighted by Gasteiger charge is 2.35. The molecule has 0 unspecified atom stereocenters. The van der Waals surface area contributed by atoms with Gasteiger partial charge in [0.15, 0.2) is 5.82 Å². The van der Waals surface area contributed by atoms with E-state index in [-0.39, 0.29) is 17.4 Å². The maximum absolute atomic E-state index is 13.9. The second kappa shape index (κ2) is 8.69. The number of hydrogen-bond donors (Lipinski definition) is 1. The molecule has 0 bridgehead atoms. The van der Waals surface area contributed by atoms with E-state index in [0.29, 0.717) is 29.3 Å². The first-order valence-electron chi connectivity index (χ1n) is 9.93. The van der Waals surface area contributed by atoms with Crippen molar-refractivity contribution in [3.63, 3.8) is 0 Å². The first kappa shape index (κ1) is 23.1. The summed E-state index contributed by atoms with van der Waals surface area (Å²) in [5.41, 5.74) is 0.688. The number of ether oxygens (including phenoxy) is 2. The van der Waals surface area contributed by atoms with Crippen molar-refractivity contribution in [1.82, 2.24) is 24.3 Å². The maximum Gasteiger partial charge on any atom is 0.419 e. The number of halogens is 4. The average molecular weight is 476 g/mol. The van der Waals surface area contributed by atoms with E-state index < -0.39 is 17.6 Å². The summed E-state index contributed by atoms with van der Waals surface area (Å²) in [6, 6.07) is 6.64. The number of benzene rings is 2. The monoisotopic (exact) mass is 476 g/mol. The molecule has 4 aromatic rings. The number of aryl methyl sites for hydroxylation is 2. The van der Waals surface area contributed by atoms with Gasteiger partial charge in [0.05, 0.1) is 43.2 Å². The number of rotatable bonds is 6. The van der Waals surface area contributed by atoms with Crippen molar-refractivity contribution in [3.05, 3.63) is 59.9 Å². The van der Waals surface area contributed by atoms with E-state index >= 15 is 0 Å². The summed E-state index contributed by atoms with van der Waals surface area (Å²) < 4.78 is 67.1. The van der Waals surface area contributed by atoms with Crippen LogP contribution < -0.4 is 14.8 Å². The lowest BCUT2D eigenvalue weighted by Crippen LogP contribution is -2.10. The Labute approximate surface area is 191 Å². The molecule has 2 aromatic carbocycles. The number of alkyl halides is 3. The van der Waals surface area contributed by atoms with Gasteiger partial charge in [0, 0.05) is 24.9 Å². The van der Waals surface area contributed by atoms with Gasteiger partial charge in [0.1, 0.15) is 17.3 Å². The van der Waals surface area contributed by atoms with Gasteiger partial charge in [-0.15, -0.1) is 5.10 Å². The summed E-state index contributed by atoms with van der Waals surface area (Å²) in [6.07, 6.45) is -1.35. The highest BCUT2D eigenvalue weighted by atomic mass is 19.4. The minimum atomic E-state index is -4.87. The Hall–Kier alpha value is -4.09. The van der Waals surface area contributed by atoms with E-state index in [1.807, 2.05) is 23.8 Å². The van der Waals surface area contributed by atoms with Crippen molar-refractivity contribution in [2.45, 2.75) is 13.1 Å². The molecule has 0 saturated carbocycles. The summed E-state index contributed by atoms with van der Waals surface area (Å²) in [4.78, 5) is 8.59. The van der Waals surface area contributed by atoms with Crippen LogP contribution in [0.25, 0.3) is 17.1 Å². The first-order valence-corrected chi connectivity index (χ1v) is 9.93. The number of imidazole rings is 1. The van der Waals surface area contributed by atoms with Crippen molar-refractivity contribution >= 4 is 11.6 Å². The van der Waals surface area contributed by atoms with Gasteiger partial charge in [-0.05, 0) is 31.2 Å². The normalized spacial score (nSPS) is 11.5. The SMILES string of the molecule is COc1cc(F)c(C(F)(F)F)cc1Nc1nc(-c2ccc(-n3cnc(C)c3)c(OC)c2)nn1C. The lowest BCUT2D eigenvalue weighted by molar-refractivity contribution is -0.139. The Balaban J connectivity index is 1.69. The molecule has 8 nitrogen and oxygen atoms in total. The molecule has 2 aromatic heterocycles. The number of nitrogens with one attached hydrogen (secondary N) is 1. The van der Waals surface area contributed by atoms with Crippen LogP contribution in [-0.4, -0.2) is 38.5 Å². The quantitative estimate of drug-likeness (QED) is 0.399. The number of hydrogen-bond acceptors (Lipinski definition) is 6. The van der Waals surface area contributed by atoms with Crippen LogP contribution in [0.1, 0.15) is 11.3 Å². The Morgan fingerprint density at radius 1 is 1.03 bits per heavy atom. The molecule has 0 amide bonds. The molecule has 12 heteroatoms. The number of nitrogens with zero attached hydrogens (tertiary/aromatic N) is 5. The third-order valence-corrected chi connectivity index (χ3v) is 5.03. The van der Waals surface area contributed by atoms with E-state index in [2.05, 4.69) is 20.4 Å². The van der Waals surface area contributed by atoms with Crippen molar-refractivity contribution < 1.29 is 27.0 Å². The van der Waals surface area contributed by atoms with E-state index in [0.717, 1.165) is 11.4 Å². The van der Waals surface area contributed by atoms with Crippen LogP contribution in [-0.2, 0) is 13.2 Å². The van der Waals surface area contributed by atoms with Crippen molar-refractivity contribution in [2.24, 2.45) is 7.05 Å². The molecule has 4 rings (SSSR count). The van der Waals surface area contributed by atoms with Gasteiger partial charge < -0.3 is 19.4 Å². The molecule has 0 aliphatic rings. The molecular formula is C22H20F4N6O2. The molecule has 0 aliphatic heterocycles. The van der Waals surface area contributed by atoms with E-state index in [4.69, 9.17) is 9.47 Å². The standard InChI is InChI=1S/C22H20F4N6O2/c1-12-10-32(11-27-12)17-6-5-13(7-19(17)34-4)20-29-21(31(2)30-20)28-16-8-14(22(24,25)26)15(23)9-18(16)33-3/h5-11H,1-4H3,(H,28,29,30). The third-order valence-electron chi connectivity index (χ3n) is 5.03. The van der Waals surface area contributed by atoms with Crippen LogP contribution in [0, 0.1) is 12.7 Å². The van der Waals surface area contributed by atoms with E-state index in [1.165, 1.54) is 18.9 Å². The zero-order valence-electron chi connectivity index (χ0n) is 18.6. The fourth-order valence-electron chi connectivity index (χ4n) is 3.36. The molecule has 178 valence electrons. The second-order valence-corrected chi connectivity index (χ2v) is 7.35.